The zero-order valence-electron chi connectivity index (χ0n) is 28.6. The van der Waals surface area contributed by atoms with Crippen LogP contribution in [-0.2, 0) is 0 Å². The largest absolute Gasteiger partial charge is 0.0622 e. The highest BCUT2D eigenvalue weighted by Crippen LogP contribution is 2.61. The van der Waals surface area contributed by atoms with Crippen LogP contribution in [0.5, 0.6) is 0 Å². The van der Waals surface area contributed by atoms with Crippen LogP contribution in [-0.4, -0.2) is 0 Å². The number of hydrogen-bond donors (Lipinski definition) is 0. The van der Waals surface area contributed by atoms with Crippen LogP contribution in [0.1, 0.15) is 0 Å². The van der Waals surface area contributed by atoms with Crippen LogP contribution in [0.15, 0.2) is 206 Å². The third-order valence-electron chi connectivity index (χ3n) is 10.6. The van der Waals surface area contributed by atoms with E-state index >= 15 is 0 Å². The Labute approximate surface area is 305 Å². The number of hydrogen-bond acceptors (Lipinski definition) is 0. The van der Waals surface area contributed by atoms with Gasteiger partial charge in [-0.2, -0.15) is 0 Å². The second-order valence-electron chi connectivity index (χ2n) is 13.5. The first-order valence-corrected chi connectivity index (χ1v) is 18.0. The highest BCUT2D eigenvalue weighted by Gasteiger charge is 2.34. The summed E-state index contributed by atoms with van der Waals surface area (Å²) in [5, 5.41) is 2.61. The lowest BCUT2D eigenvalue weighted by atomic mass is 9.76. The van der Waals surface area contributed by atoms with E-state index in [1.165, 1.54) is 99.8 Å². The summed E-state index contributed by atoms with van der Waals surface area (Å²) >= 11 is 0. The van der Waals surface area contributed by atoms with Crippen LogP contribution in [0.25, 0.3) is 99.8 Å². The van der Waals surface area contributed by atoms with Crippen molar-refractivity contribution in [2.24, 2.45) is 0 Å². The van der Waals surface area contributed by atoms with Gasteiger partial charge in [-0.25, -0.2) is 0 Å². The average Bonchev–Trinajstić information content (AvgIpc) is 3.57. The van der Waals surface area contributed by atoms with Crippen molar-refractivity contribution in [3.8, 4) is 89.0 Å². The van der Waals surface area contributed by atoms with Crippen LogP contribution in [0.3, 0.4) is 0 Å². The van der Waals surface area contributed by atoms with E-state index in [1.807, 2.05) is 0 Å². The molecule has 0 spiro atoms. The van der Waals surface area contributed by atoms with E-state index < -0.39 is 0 Å². The van der Waals surface area contributed by atoms with E-state index in [0.717, 1.165) is 0 Å². The monoisotopic (exact) mass is 658 g/mol. The van der Waals surface area contributed by atoms with E-state index in [1.54, 1.807) is 0 Å². The van der Waals surface area contributed by atoms with Crippen molar-refractivity contribution in [1.29, 1.82) is 0 Å². The third-order valence-corrected chi connectivity index (χ3v) is 10.6. The Bertz CT molecular complexity index is 2710. The Kier molecular flexibility index (Phi) is 7.25. The molecule has 9 aromatic rings. The number of benzene rings is 9. The van der Waals surface area contributed by atoms with Crippen molar-refractivity contribution in [3.63, 3.8) is 0 Å². The molecule has 10 rings (SSSR count). The lowest BCUT2D eigenvalue weighted by Gasteiger charge is -2.26. The summed E-state index contributed by atoms with van der Waals surface area (Å²) < 4.78 is 0. The summed E-state index contributed by atoms with van der Waals surface area (Å²) in [7, 11) is 0. The highest BCUT2D eigenvalue weighted by molar-refractivity contribution is 6.27. The van der Waals surface area contributed by atoms with Crippen LogP contribution in [0.2, 0.25) is 0 Å². The minimum Gasteiger partial charge on any atom is -0.0622 e. The van der Waals surface area contributed by atoms with E-state index in [0.29, 0.717) is 0 Å². The minimum absolute atomic E-state index is 1.20. The molecule has 0 N–H and O–H groups in total. The van der Waals surface area contributed by atoms with Gasteiger partial charge in [0.2, 0.25) is 0 Å². The topological polar surface area (TPSA) is 0 Å². The van der Waals surface area contributed by atoms with Crippen LogP contribution in [0, 0.1) is 0 Å². The van der Waals surface area contributed by atoms with Gasteiger partial charge in [-0.15, -0.1) is 0 Å². The zero-order chi connectivity index (χ0) is 34.4. The number of fused-ring (bicyclic) bond motifs is 3. The molecule has 0 aliphatic heterocycles. The van der Waals surface area contributed by atoms with Gasteiger partial charge in [-0.05, 0) is 99.8 Å². The quantitative estimate of drug-likeness (QED) is 0.167. The van der Waals surface area contributed by atoms with E-state index in [9.17, 15) is 0 Å². The van der Waals surface area contributed by atoms with Gasteiger partial charge in [0.15, 0.2) is 0 Å². The van der Waals surface area contributed by atoms with Crippen molar-refractivity contribution in [2.75, 3.05) is 0 Å². The fourth-order valence-electron chi connectivity index (χ4n) is 8.41. The minimum atomic E-state index is 1.20. The van der Waals surface area contributed by atoms with E-state index in [2.05, 4.69) is 206 Å². The molecule has 0 nitrogen and oxygen atoms in total. The first-order valence-electron chi connectivity index (χ1n) is 18.0. The van der Waals surface area contributed by atoms with E-state index in [-0.39, 0.29) is 0 Å². The maximum absolute atomic E-state index is 2.38. The summed E-state index contributed by atoms with van der Waals surface area (Å²) in [4.78, 5) is 0. The summed E-state index contributed by atoms with van der Waals surface area (Å²) in [5.41, 5.74) is 20.0. The van der Waals surface area contributed by atoms with Crippen molar-refractivity contribution in [3.05, 3.63) is 206 Å². The molecular formula is C52H34. The molecule has 0 unspecified atom stereocenters. The molecule has 0 aromatic heterocycles. The maximum atomic E-state index is 2.38. The van der Waals surface area contributed by atoms with Gasteiger partial charge in [0, 0.05) is 0 Å². The SMILES string of the molecule is c1ccc(-c2ccc(-c3c(-c4ccccc4)c(-c4ccccc4)c4c(c3-c3ccccc3)-c3ccc(-c5ccccc5)c5cccc-4c35)cc2)cc1. The first kappa shape index (κ1) is 30.1. The number of rotatable bonds is 6. The van der Waals surface area contributed by atoms with Crippen molar-refractivity contribution < 1.29 is 0 Å². The normalized spacial score (nSPS) is 11.5. The molecule has 0 fully saturated rings. The summed E-state index contributed by atoms with van der Waals surface area (Å²) in [5.74, 6) is 0. The molecule has 1 aliphatic carbocycles. The fraction of sp³-hybridized carbons (Fsp3) is 0. The molecule has 0 amide bonds. The third kappa shape index (κ3) is 4.84. The molecule has 0 heterocycles. The summed E-state index contributed by atoms with van der Waals surface area (Å²) in [6.07, 6.45) is 0. The molecule has 0 atom stereocenters. The van der Waals surface area contributed by atoms with Gasteiger partial charge in [-0.3, -0.25) is 0 Å². The standard InChI is InChI=1S/C52H34/c1-6-17-35(18-7-1)36-29-31-41(32-30-36)47-46(38-21-10-3-11-22-38)48(39-23-12-4-13-24-39)51-44-28-16-27-43-42(37-19-8-2-9-20-37)33-34-45(50(43)44)52(51)49(47)40-25-14-5-15-26-40/h1-34H. The van der Waals surface area contributed by atoms with Crippen molar-refractivity contribution in [1.82, 2.24) is 0 Å². The van der Waals surface area contributed by atoms with Crippen molar-refractivity contribution >= 4 is 10.8 Å². The van der Waals surface area contributed by atoms with Gasteiger partial charge in [0.05, 0.1) is 0 Å². The molecule has 0 saturated heterocycles. The molecular weight excluding hydrogens is 625 g/mol. The Morgan fingerprint density at radius 1 is 0.173 bits per heavy atom. The smallest absolute Gasteiger partial charge is 0.000718 e. The van der Waals surface area contributed by atoms with Crippen LogP contribution < -0.4 is 0 Å². The van der Waals surface area contributed by atoms with Gasteiger partial charge < -0.3 is 0 Å². The molecule has 0 heteroatoms. The Balaban J connectivity index is 1.39. The Hall–Kier alpha value is -6.76. The zero-order valence-corrected chi connectivity index (χ0v) is 28.6. The highest BCUT2D eigenvalue weighted by atomic mass is 14.4. The molecule has 9 aromatic carbocycles. The maximum Gasteiger partial charge on any atom is -0.000718 e. The lowest BCUT2D eigenvalue weighted by molar-refractivity contribution is 1.54. The Morgan fingerprint density at radius 3 is 0.981 bits per heavy atom. The fourth-order valence-corrected chi connectivity index (χ4v) is 8.41. The first-order chi connectivity index (χ1) is 25.8. The summed E-state index contributed by atoms with van der Waals surface area (Å²) in [6.45, 7) is 0. The second-order valence-corrected chi connectivity index (χ2v) is 13.5. The molecule has 242 valence electrons. The van der Waals surface area contributed by atoms with Gasteiger partial charge >= 0.3 is 0 Å². The van der Waals surface area contributed by atoms with Gasteiger partial charge in [0.25, 0.3) is 0 Å². The Morgan fingerprint density at radius 2 is 0.500 bits per heavy atom. The average molecular weight is 659 g/mol. The molecule has 0 saturated carbocycles. The predicted octanol–water partition coefficient (Wildman–Crippen LogP) is 14.5. The molecule has 52 heavy (non-hydrogen) atoms. The second kappa shape index (κ2) is 12.5. The molecule has 0 radical (unpaired) electrons. The van der Waals surface area contributed by atoms with Crippen LogP contribution in [0.4, 0.5) is 0 Å². The van der Waals surface area contributed by atoms with Gasteiger partial charge in [-0.1, -0.05) is 206 Å². The predicted molar refractivity (Wildman–Crippen MR) is 221 cm³/mol. The molecule has 0 bridgehead atoms. The lowest BCUT2D eigenvalue weighted by Crippen LogP contribution is -1.99. The van der Waals surface area contributed by atoms with Crippen LogP contribution >= 0.6 is 0 Å². The summed E-state index contributed by atoms with van der Waals surface area (Å²) in [6, 6.07) is 75.4. The van der Waals surface area contributed by atoms with Gasteiger partial charge in [0.1, 0.15) is 0 Å². The molecule has 1 aliphatic rings. The van der Waals surface area contributed by atoms with Crippen molar-refractivity contribution in [2.45, 2.75) is 0 Å². The van der Waals surface area contributed by atoms with E-state index in [4.69, 9.17) is 0 Å².